The molecule has 0 aliphatic rings. The van der Waals surface area contributed by atoms with E-state index in [1.807, 2.05) is 0 Å². The highest BCUT2D eigenvalue weighted by molar-refractivity contribution is 5.83. The zero-order chi connectivity index (χ0) is 13.7. The third-order valence-electron chi connectivity index (χ3n) is 2.61. The second-order valence-electron chi connectivity index (χ2n) is 4.28. The van der Waals surface area contributed by atoms with E-state index in [1.54, 1.807) is 19.9 Å². The van der Waals surface area contributed by atoms with Gasteiger partial charge in [0.2, 0.25) is 5.91 Å². The summed E-state index contributed by atoms with van der Waals surface area (Å²) in [7, 11) is 0. The van der Waals surface area contributed by atoms with Crippen LogP contribution in [0.1, 0.15) is 31.7 Å². The zero-order valence-corrected chi connectivity index (χ0v) is 10.3. The lowest BCUT2D eigenvalue weighted by Gasteiger charge is -2.16. The summed E-state index contributed by atoms with van der Waals surface area (Å²) >= 11 is 0. The summed E-state index contributed by atoms with van der Waals surface area (Å²) in [5.74, 6) is -2.20. The minimum atomic E-state index is -0.971. The molecule has 0 bridgehead atoms. The van der Waals surface area contributed by atoms with Gasteiger partial charge in [-0.2, -0.15) is 0 Å². The van der Waals surface area contributed by atoms with E-state index in [4.69, 9.17) is 5.11 Å². The summed E-state index contributed by atoms with van der Waals surface area (Å²) in [4.78, 5) is 22.3. The average molecular weight is 253 g/mol. The van der Waals surface area contributed by atoms with Crippen LogP contribution in [-0.2, 0) is 9.59 Å². The van der Waals surface area contributed by atoms with Gasteiger partial charge in [0.25, 0.3) is 0 Å². The van der Waals surface area contributed by atoms with E-state index in [0.29, 0.717) is 5.56 Å². The van der Waals surface area contributed by atoms with Crippen LogP contribution in [0.2, 0.25) is 0 Å². The van der Waals surface area contributed by atoms with Gasteiger partial charge in [0.1, 0.15) is 5.82 Å². The molecular formula is C13H16FNO3. The van der Waals surface area contributed by atoms with Gasteiger partial charge in [-0.1, -0.05) is 12.1 Å². The van der Waals surface area contributed by atoms with E-state index in [9.17, 15) is 14.0 Å². The van der Waals surface area contributed by atoms with Crippen molar-refractivity contribution in [1.82, 2.24) is 5.32 Å². The van der Waals surface area contributed by atoms with Crippen molar-refractivity contribution in [1.29, 1.82) is 0 Å². The highest BCUT2D eigenvalue weighted by Gasteiger charge is 2.18. The number of benzene rings is 1. The van der Waals surface area contributed by atoms with Gasteiger partial charge in [0.05, 0.1) is 12.3 Å². The Morgan fingerprint density at radius 2 is 2.06 bits per heavy atom. The minimum Gasteiger partial charge on any atom is -0.481 e. The second-order valence-corrected chi connectivity index (χ2v) is 4.28. The normalized spacial score (nSPS) is 13.7. The quantitative estimate of drug-likeness (QED) is 0.842. The maximum absolute atomic E-state index is 13.0. The SMILES string of the molecule is CC(CC(=O)O)NC(=O)C(C)c1cccc(F)c1. The number of carbonyl (C=O) groups is 2. The van der Waals surface area contributed by atoms with Crippen LogP contribution in [0.25, 0.3) is 0 Å². The number of rotatable bonds is 5. The first-order valence-electron chi connectivity index (χ1n) is 5.67. The summed E-state index contributed by atoms with van der Waals surface area (Å²) in [6.45, 7) is 3.27. The average Bonchev–Trinajstić information content (AvgIpc) is 2.26. The molecule has 2 atom stereocenters. The molecule has 5 heteroatoms. The van der Waals surface area contributed by atoms with Crippen LogP contribution < -0.4 is 5.32 Å². The van der Waals surface area contributed by atoms with Gasteiger partial charge in [-0.25, -0.2) is 4.39 Å². The van der Waals surface area contributed by atoms with Crippen molar-refractivity contribution < 1.29 is 19.1 Å². The number of halogens is 1. The Hall–Kier alpha value is -1.91. The third-order valence-corrected chi connectivity index (χ3v) is 2.61. The first-order chi connectivity index (χ1) is 8.40. The van der Waals surface area contributed by atoms with Crippen LogP contribution in [0.3, 0.4) is 0 Å². The molecule has 4 nitrogen and oxygen atoms in total. The Labute approximate surface area is 105 Å². The molecule has 0 saturated heterocycles. The molecular weight excluding hydrogens is 237 g/mol. The highest BCUT2D eigenvalue weighted by Crippen LogP contribution is 2.16. The van der Waals surface area contributed by atoms with Crippen LogP contribution in [0.4, 0.5) is 4.39 Å². The van der Waals surface area contributed by atoms with E-state index >= 15 is 0 Å². The van der Waals surface area contributed by atoms with Crippen molar-refractivity contribution in [3.05, 3.63) is 35.6 Å². The Morgan fingerprint density at radius 1 is 1.39 bits per heavy atom. The van der Waals surface area contributed by atoms with Crippen molar-refractivity contribution in [3.8, 4) is 0 Å². The number of hydrogen-bond donors (Lipinski definition) is 2. The predicted octanol–water partition coefficient (Wildman–Crippen LogP) is 1.91. The maximum atomic E-state index is 13.0. The van der Waals surface area contributed by atoms with Gasteiger partial charge in [0.15, 0.2) is 0 Å². The molecule has 1 aromatic carbocycles. The lowest BCUT2D eigenvalue weighted by Crippen LogP contribution is -2.36. The van der Waals surface area contributed by atoms with E-state index in [1.165, 1.54) is 18.2 Å². The van der Waals surface area contributed by atoms with Crippen LogP contribution in [0, 0.1) is 5.82 Å². The number of carbonyl (C=O) groups excluding carboxylic acids is 1. The van der Waals surface area contributed by atoms with Crippen LogP contribution in [0.15, 0.2) is 24.3 Å². The van der Waals surface area contributed by atoms with E-state index in [0.717, 1.165) is 0 Å². The van der Waals surface area contributed by atoms with Crippen molar-refractivity contribution in [3.63, 3.8) is 0 Å². The number of nitrogens with one attached hydrogen (secondary N) is 1. The lowest BCUT2D eigenvalue weighted by molar-refractivity contribution is -0.137. The molecule has 0 radical (unpaired) electrons. The Bertz CT molecular complexity index is 448. The maximum Gasteiger partial charge on any atom is 0.305 e. The molecule has 0 heterocycles. The van der Waals surface area contributed by atoms with Crippen molar-refractivity contribution in [2.75, 3.05) is 0 Å². The monoisotopic (exact) mass is 253 g/mol. The molecule has 0 spiro atoms. The smallest absolute Gasteiger partial charge is 0.305 e. The number of amides is 1. The van der Waals surface area contributed by atoms with Crippen LogP contribution >= 0.6 is 0 Å². The van der Waals surface area contributed by atoms with E-state index in [2.05, 4.69) is 5.32 Å². The molecule has 0 saturated carbocycles. The fourth-order valence-electron chi connectivity index (χ4n) is 1.61. The largest absolute Gasteiger partial charge is 0.481 e. The Balaban J connectivity index is 2.64. The van der Waals surface area contributed by atoms with Crippen molar-refractivity contribution in [2.24, 2.45) is 0 Å². The standard InChI is InChI=1S/C13H16FNO3/c1-8(6-12(16)17)15-13(18)9(2)10-4-3-5-11(14)7-10/h3-5,7-9H,6H2,1-2H3,(H,15,18)(H,16,17). The number of hydrogen-bond acceptors (Lipinski definition) is 2. The minimum absolute atomic E-state index is 0.137. The number of aliphatic carboxylic acids is 1. The Kier molecular flexibility index (Phi) is 4.83. The van der Waals surface area contributed by atoms with Crippen molar-refractivity contribution in [2.45, 2.75) is 32.2 Å². The molecule has 0 aliphatic carbocycles. The Morgan fingerprint density at radius 3 is 2.61 bits per heavy atom. The summed E-state index contributed by atoms with van der Waals surface area (Å²) in [5, 5.41) is 11.2. The number of carboxylic acid groups (broad SMARTS) is 1. The lowest BCUT2D eigenvalue weighted by atomic mass is 10.00. The fourth-order valence-corrected chi connectivity index (χ4v) is 1.61. The van der Waals surface area contributed by atoms with Gasteiger partial charge < -0.3 is 10.4 Å². The molecule has 0 aliphatic heterocycles. The molecule has 1 amide bonds. The molecule has 0 fully saturated rings. The summed E-state index contributed by atoms with van der Waals surface area (Å²) < 4.78 is 13.0. The second kappa shape index (κ2) is 6.14. The first kappa shape index (κ1) is 14.2. The molecule has 1 aromatic rings. The van der Waals surface area contributed by atoms with Gasteiger partial charge >= 0.3 is 5.97 Å². The molecule has 2 N–H and O–H groups in total. The van der Waals surface area contributed by atoms with Gasteiger partial charge in [0, 0.05) is 6.04 Å². The van der Waals surface area contributed by atoms with Gasteiger partial charge in [-0.05, 0) is 31.5 Å². The topological polar surface area (TPSA) is 66.4 Å². The fraction of sp³-hybridized carbons (Fsp3) is 0.385. The molecule has 1 rings (SSSR count). The van der Waals surface area contributed by atoms with Gasteiger partial charge in [-0.15, -0.1) is 0 Å². The zero-order valence-electron chi connectivity index (χ0n) is 10.3. The first-order valence-corrected chi connectivity index (χ1v) is 5.67. The van der Waals surface area contributed by atoms with Crippen LogP contribution in [-0.4, -0.2) is 23.0 Å². The summed E-state index contributed by atoms with van der Waals surface area (Å²) in [6, 6.07) is 5.35. The van der Waals surface area contributed by atoms with Crippen molar-refractivity contribution >= 4 is 11.9 Å². The predicted molar refractivity (Wildman–Crippen MR) is 64.7 cm³/mol. The molecule has 98 valence electrons. The molecule has 18 heavy (non-hydrogen) atoms. The summed E-state index contributed by atoms with van der Waals surface area (Å²) in [5.41, 5.74) is 0.565. The highest BCUT2D eigenvalue weighted by atomic mass is 19.1. The van der Waals surface area contributed by atoms with E-state index < -0.39 is 23.7 Å². The molecule has 2 unspecified atom stereocenters. The third kappa shape index (κ3) is 4.16. The van der Waals surface area contributed by atoms with E-state index in [-0.39, 0.29) is 12.3 Å². The van der Waals surface area contributed by atoms with Crippen LogP contribution in [0.5, 0.6) is 0 Å². The van der Waals surface area contributed by atoms with Gasteiger partial charge in [-0.3, -0.25) is 9.59 Å². The number of carboxylic acids is 1. The molecule has 0 aromatic heterocycles. The summed E-state index contributed by atoms with van der Waals surface area (Å²) in [6.07, 6.45) is -0.137.